The first-order valence-electron chi connectivity index (χ1n) is 8.63. The van der Waals surface area contributed by atoms with Crippen LogP contribution in [0.25, 0.3) is 22.8 Å². The molecule has 0 aliphatic carbocycles. The van der Waals surface area contributed by atoms with Crippen molar-refractivity contribution < 1.29 is 4.42 Å². The molecular weight excluding hydrogens is 414 g/mol. The highest BCUT2D eigenvalue weighted by Gasteiger charge is 2.29. The molecule has 140 valence electrons. The van der Waals surface area contributed by atoms with Gasteiger partial charge in [-0.15, -0.1) is 20.4 Å². The van der Waals surface area contributed by atoms with Crippen molar-refractivity contribution in [1.82, 2.24) is 25.0 Å². The summed E-state index contributed by atoms with van der Waals surface area (Å²) in [6.45, 7) is 0. The van der Waals surface area contributed by atoms with E-state index in [2.05, 4.69) is 37.1 Å². The largest absolute Gasteiger partial charge is 0.411 e. The van der Waals surface area contributed by atoms with Crippen LogP contribution in [0.1, 0.15) is 6.04 Å². The summed E-state index contributed by atoms with van der Waals surface area (Å²) >= 11 is 9.21. The van der Waals surface area contributed by atoms with Crippen molar-refractivity contribution in [2.75, 3.05) is 11.5 Å². The maximum atomic E-state index is 5.93. The van der Waals surface area contributed by atoms with E-state index in [1.54, 1.807) is 23.5 Å². The molecule has 2 aromatic heterocycles. The minimum absolute atomic E-state index is 0.265. The Balaban J connectivity index is 1.32. The maximum absolute atomic E-state index is 5.93. The number of rotatable bonds is 5. The Hall–Kier alpha value is -2.29. The number of hydrogen-bond donors (Lipinski definition) is 0. The molecular formula is C19H14ClN5OS2. The number of hydrogen-bond acceptors (Lipinski definition) is 7. The van der Waals surface area contributed by atoms with Crippen LogP contribution in [-0.2, 0) is 0 Å². The summed E-state index contributed by atoms with van der Waals surface area (Å²) in [5.74, 6) is 3.16. The van der Waals surface area contributed by atoms with Gasteiger partial charge >= 0.3 is 0 Å². The Morgan fingerprint density at radius 1 is 1.00 bits per heavy atom. The lowest BCUT2D eigenvalue weighted by atomic mass is 10.2. The monoisotopic (exact) mass is 427 g/mol. The number of benzene rings is 2. The van der Waals surface area contributed by atoms with Gasteiger partial charge < -0.3 is 4.42 Å². The Kier molecular flexibility index (Phi) is 4.84. The van der Waals surface area contributed by atoms with E-state index in [9.17, 15) is 0 Å². The van der Waals surface area contributed by atoms with E-state index in [-0.39, 0.29) is 6.04 Å². The van der Waals surface area contributed by atoms with E-state index in [0.717, 1.165) is 33.6 Å². The summed E-state index contributed by atoms with van der Waals surface area (Å²) in [7, 11) is 0. The topological polar surface area (TPSA) is 69.6 Å². The van der Waals surface area contributed by atoms with Gasteiger partial charge in [0.05, 0.1) is 6.04 Å². The number of thioether (sulfide) groups is 2. The Morgan fingerprint density at radius 3 is 2.64 bits per heavy atom. The second-order valence-electron chi connectivity index (χ2n) is 6.20. The van der Waals surface area contributed by atoms with Crippen LogP contribution in [0.3, 0.4) is 0 Å². The maximum Gasteiger partial charge on any atom is 0.276 e. The van der Waals surface area contributed by atoms with Crippen molar-refractivity contribution in [1.29, 1.82) is 0 Å². The molecule has 4 aromatic rings. The van der Waals surface area contributed by atoms with Gasteiger partial charge in [0, 0.05) is 27.7 Å². The van der Waals surface area contributed by atoms with Gasteiger partial charge in [-0.1, -0.05) is 65.5 Å². The normalized spacial score (nSPS) is 15.7. The average molecular weight is 428 g/mol. The third kappa shape index (κ3) is 3.43. The minimum atomic E-state index is 0.265. The zero-order valence-electron chi connectivity index (χ0n) is 14.5. The van der Waals surface area contributed by atoms with Gasteiger partial charge in [0.1, 0.15) is 0 Å². The van der Waals surface area contributed by atoms with Crippen molar-refractivity contribution >= 4 is 35.1 Å². The third-order valence-electron chi connectivity index (χ3n) is 4.36. The first-order valence-corrected chi connectivity index (χ1v) is 11.0. The highest BCUT2D eigenvalue weighted by Crippen LogP contribution is 2.39. The Labute approximate surface area is 174 Å². The Bertz CT molecular complexity index is 1100. The SMILES string of the molecule is Clc1ccc(-c2nnc(SC[C@@H]3CSc4nnc(-c5ccccc5)n43)o2)cc1. The molecule has 0 saturated carbocycles. The third-order valence-corrected chi connectivity index (χ3v) is 6.67. The molecule has 1 aliphatic rings. The first kappa shape index (κ1) is 17.8. The van der Waals surface area contributed by atoms with Crippen molar-refractivity contribution in [2.45, 2.75) is 16.4 Å². The molecule has 28 heavy (non-hydrogen) atoms. The van der Waals surface area contributed by atoms with E-state index >= 15 is 0 Å². The molecule has 0 unspecified atom stereocenters. The van der Waals surface area contributed by atoms with E-state index in [1.807, 2.05) is 42.5 Å². The number of nitrogens with zero attached hydrogens (tertiary/aromatic N) is 5. The van der Waals surface area contributed by atoms with Crippen molar-refractivity contribution in [2.24, 2.45) is 0 Å². The highest BCUT2D eigenvalue weighted by molar-refractivity contribution is 8.00. The van der Waals surface area contributed by atoms with Gasteiger partial charge in [-0.2, -0.15) is 0 Å². The Morgan fingerprint density at radius 2 is 1.82 bits per heavy atom. The lowest BCUT2D eigenvalue weighted by Gasteiger charge is -2.13. The number of halogens is 1. The standard InChI is InChI=1S/C19H14ClN5OS2/c20-14-8-6-13(7-9-14)17-22-24-19(26-17)28-11-15-10-27-18-23-21-16(25(15)18)12-4-2-1-3-5-12/h1-9,15H,10-11H2/t15-/m0/s1. The molecule has 6 nitrogen and oxygen atoms in total. The molecule has 2 aromatic carbocycles. The molecule has 9 heteroatoms. The fraction of sp³-hybridized carbons (Fsp3) is 0.158. The summed E-state index contributed by atoms with van der Waals surface area (Å²) in [4.78, 5) is 0. The molecule has 0 amide bonds. The van der Waals surface area contributed by atoms with Gasteiger partial charge in [-0.3, -0.25) is 4.57 Å². The van der Waals surface area contributed by atoms with Crippen LogP contribution in [0.15, 0.2) is 69.4 Å². The van der Waals surface area contributed by atoms with E-state index < -0.39 is 0 Å². The van der Waals surface area contributed by atoms with Crippen LogP contribution in [0, 0.1) is 0 Å². The molecule has 1 aliphatic heterocycles. The summed E-state index contributed by atoms with van der Waals surface area (Å²) in [6, 6.07) is 17.8. The lowest BCUT2D eigenvalue weighted by Crippen LogP contribution is -2.11. The number of fused-ring (bicyclic) bond motifs is 1. The fourth-order valence-electron chi connectivity index (χ4n) is 3.00. The molecule has 1 atom stereocenters. The van der Waals surface area contributed by atoms with Crippen molar-refractivity contribution in [3.8, 4) is 22.8 Å². The van der Waals surface area contributed by atoms with Gasteiger partial charge in [-0.05, 0) is 24.3 Å². The fourth-order valence-corrected chi connectivity index (χ4v) is 5.20. The van der Waals surface area contributed by atoms with Crippen LogP contribution in [0.5, 0.6) is 0 Å². The summed E-state index contributed by atoms with van der Waals surface area (Å²) in [6.07, 6.45) is 0. The molecule has 0 bridgehead atoms. The highest BCUT2D eigenvalue weighted by atomic mass is 35.5. The number of aromatic nitrogens is 5. The summed E-state index contributed by atoms with van der Waals surface area (Å²) in [5.41, 5.74) is 1.93. The zero-order chi connectivity index (χ0) is 18.9. The van der Waals surface area contributed by atoms with E-state index in [1.165, 1.54) is 0 Å². The average Bonchev–Trinajstić information content (AvgIpc) is 3.45. The van der Waals surface area contributed by atoms with Crippen molar-refractivity contribution in [3.05, 3.63) is 59.6 Å². The van der Waals surface area contributed by atoms with Gasteiger partial charge in [0.2, 0.25) is 5.89 Å². The zero-order valence-corrected chi connectivity index (χ0v) is 16.9. The van der Waals surface area contributed by atoms with Gasteiger partial charge in [-0.25, -0.2) is 0 Å². The van der Waals surface area contributed by atoms with Crippen LogP contribution in [0.2, 0.25) is 5.02 Å². The molecule has 0 saturated heterocycles. The minimum Gasteiger partial charge on any atom is -0.411 e. The van der Waals surface area contributed by atoms with E-state index in [0.29, 0.717) is 16.1 Å². The molecule has 5 rings (SSSR count). The summed E-state index contributed by atoms with van der Waals surface area (Å²) in [5, 5.41) is 19.2. The first-order chi connectivity index (χ1) is 13.8. The van der Waals surface area contributed by atoms with Crippen LogP contribution < -0.4 is 0 Å². The van der Waals surface area contributed by atoms with Crippen LogP contribution in [0.4, 0.5) is 0 Å². The molecule has 0 fully saturated rings. The smallest absolute Gasteiger partial charge is 0.276 e. The van der Waals surface area contributed by atoms with Crippen molar-refractivity contribution in [3.63, 3.8) is 0 Å². The predicted molar refractivity (Wildman–Crippen MR) is 111 cm³/mol. The second-order valence-corrected chi connectivity index (χ2v) is 8.59. The predicted octanol–water partition coefficient (Wildman–Crippen LogP) is 5.09. The summed E-state index contributed by atoms with van der Waals surface area (Å²) < 4.78 is 8.02. The van der Waals surface area contributed by atoms with Gasteiger partial charge in [0.25, 0.3) is 5.22 Å². The van der Waals surface area contributed by atoms with Crippen LogP contribution >= 0.6 is 35.1 Å². The lowest BCUT2D eigenvalue weighted by molar-refractivity contribution is 0.464. The van der Waals surface area contributed by atoms with Gasteiger partial charge in [0.15, 0.2) is 11.0 Å². The molecule has 0 radical (unpaired) electrons. The quantitative estimate of drug-likeness (QED) is 0.411. The molecule has 3 heterocycles. The molecule has 0 N–H and O–H groups in total. The van der Waals surface area contributed by atoms with Crippen LogP contribution in [-0.4, -0.2) is 36.5 Å². The second kappa shape index (κ2) is 7.62. The van der Waals surface area contributed by atoms with E-state index in [4.69, 9.17) is 16.0 Å². The molecule has 0 spiro atoms.